The van der Waals surface area contributed by atoms with E-state index in [1.54, 1.807) is 22.9 Å². The first kappa shape index (κ1) is 13.7. The molecule has 3 rings (SSSR count). The van der Waals surface area contributed by atoms with Crippen LogP contribution >= 0.6 is 12.6 Å². The van der Waals surface area contributed by atoms with Crippen LogP contribution in [-0.4, -0.2) is 15.3 Å². The first-order valence-corrected chi connectivity index (χ1v) is 7.93. The van der Waals surface area contributed by atoms with Crippen LogP contribution < -0.4 is 5.76 Å². The van der Waals surface area contributed by atoms with Crippen LogP contribution in [-0.2, 0) is 6.54 Å². The van der Waals surface area contributed by atoms with Crippen molar-refractivity contribution in [1.29, 1.82) is 0 Å². The number of aromatic nitrogens is 2. The van der Waals surface area contributed by atoms with E-state index in [1.165, 1.54) is 25.7 Å². The summed E-state index contributed by atoms with van der Waals surface area (Å²) in [5.74, 6) is 0.503. The molecule has 1 fully saturated rings. The minimum atomic E-state index is -0.302. The molecular weight excluding hydrogens is 272 g/mol. The number of fused-ring (bicyclic) bond motifs is 1. The minimum Gasteiger partial charge on any atom is -0.406 e. The Labute approximate surface area is 123 Å². The van der Waals surface area contributed by atoms with Crippen LogP contribution in [0.4, 0.5) is 0 Å². The van der Waals surface area contributed by atoms with Crippen molar-refractivity contribution in [3.63, 3.8) is 0 Å². The Morgan fingerprint density at radius 1 is 1.30 bits per heavy atom. The fourth-order valence-electron chi connectivity index (χ4n) is 3.22. The van der Waals surface area contributed by atoms with Gasteiger partial charge in [0.05, 0.1) is 0 Å². The smallest absolute Gasteiger partial charge is 0.406 e. The van der Waals surface area contributed by atoms with Gasteiger partial charge in [-0.2, -0.15) is 12.6 Å². The molecule has 1 aliphatic carbocycles. The molecule has 4 nitrogen and oxygen atoms in total. The summed E-state index contributed by atoms with van der Waals surface area (Å²) in [4.78, 5) is 16.4. The summed E-state index contributed by atoms with van der Waals surface area (Å²) >= 11 is 4.57. The van der Waals surface area contributed by atoms with Crippen LogP contribution in [0.2, 0.25) is 0 Å². The molecule has 2 heterocycles. The molecule has 1 saturated carbocycles. The summed E-state index contributed by atoms with van der Waals surface area (Å²) in [6.07, 6.45) is 8.97. The average molecular weight is 292 g/mol. The van der Waals surface area contributed by atoms with Gasteiger partial charge in [-0.05, 0) is 36.1 Å². The van der Waals surface area contributed by atoms with Crippen molar-refractivity contribution in [2.24, 2.45) is 5.41 Å². The van der Waals surface area contributed by atoms with Crippen molar-refractivity contribution in [2.45, 2.75) is 45.1 Å². The third-order valence-electron chi connectivity index (χ3n) is 4.42. The van der Waals surface area contributed by atoms with Gasteiger partial charge in [-0.25, -0.2) is 9.78 Å². The van der Waals surface area contributed by atoms with Crippen LogP contribution in [0.25, 0.3) is 11.2 Å². The molecule has 20 heavy (non-hydrogen) atoms. The highest BCUT2D eigenvalue weighted by atomic mass is 32.1. The van der Waals surface area contributed by atoms with Gasteiger partial charge in [0.2, 0.25) is 0 Å². The maximum absolute atomic E-state index is 12.1. The monoisotopic (exact) mass is 292 g/mol. The Kier molecular flexibility index (Phi) is 3.87. The number of nitrogens with zero attached hydrogens (tertiary/aromatic N) is 2. The first-order chi connectivity index (χ1) is 9.74. The fraction of sp³-hybridized carbons (Fsp3) is 0.600. The van der Waals surface area contributed by atoms with Crippen molar-refractivity contribution in [3.05, 3.63) is 28.9 Å². The zero-order chi connectivity index (χ0) is 14.0. The zero-order valence-electron chi connectivity index (χ0n) is 11.5. The van der Waals surface area contributed by atoms with Crippen LogP contribution in [0, 0.1) is 5.41 Å². The number of pyridine rings is 1. The van der Waals surface area contributed by atoms with Crippen molar-refractivity contribution in [1.82, 2.24) is 9.55 Å². The van der Waals surface area contributed by atoms with E-state index in [4.69, 9.17) is 4.42 Å². The normalized spacial score (nSPS) is 19.1. The zero-order valence-corrected chi connectivity index (χ0v) is 12.4. The molecule has 0 N–H and O–H groups in total. The van der Waals surface area contributed by atoms with Crippen LogP contribution in [0.5, 0.6) is 0 Å². The topological polar surface area (TPSA) is 48.0 Å². The number of thiol groups is 1. The highest BCUT2D eigenvalue weighted by Gasteiger charge is 2.31. The lowest BCUT2D eigenvalue weighted by atomic mass is 9.82. The Hall–Kier alpha value is -1.23. The molecule has 0 amide bonds. The van der Waals surface area contributed by atoms with E-state index in [1.807, 2.05) is 0 Å². The van der Waals surface area contributed by atoms with Gasteiger partial charge in [0, 0.05) is 12.7 Å². The number of oxazole rings is 1. The summed E-state index contributed by atoms with van der Waals surface area (Å²) in [5, 5.41) is 0. The molecule has 0 unspecified atom stereocenters. The molecule has 108 valence electrons. The van der Waals surface area contributed by atoms with E-state index in [0.717, 1.165) is 18.6 Å². The van der Waals surface area contributed by atoms with E-state index in [9.17, 15) is 4.79 Å². The average Bonchev–Trinajstić information content (AvgIpc) is 2.65. The Morgan fingerprint density at radius 2 is 2.05 bits per heavy atom. The van der Waals surface area contributed by atoms with Gasteiger partial charge in [0.25, 0.3) is 0 Å². The predicted octanol–water partition coefficient (Wildman–Crippen LogP) is 3.26. The Morgan fingerprint density at radius 3 is 2.75 bits per heavy atom. The lowest BCUT2D eigenvalue weighted by Crippen LogP contribution is -2.32. The van der Waals surface area contributed by atoms with Gasteiger partial charge in [-0.15, -0.1) is 0 Å². The molecule has 0 saturated heterocycles. The quantitative estimate of drug-likeness (QED) is 0.698. The van der Waals surface area contributed by atoms with Crippen LogP contribution in [0.1, 0.15) is 38.5 Å². The SMILES string of the molecule is O=c1oc2cccnc2n1CC1(CS)CCCCCC1. The molecule has 0 spiro atoms. The van der Waals surface area contributed by atoms with Crippen molar-refractivity contribution in [3.8, 4) is 0 Å². The number of rotatable bonds is 3. The first-order valence-electron chi connectivity index (χ1n) is 7.29. The lowest BCUT2D eigenvalue weighted by molar-refractivity contribution is 0.236. The van der Waals surface area contributed by atoms with Gasteiger partial charge >= 0.3 is 5.76 Å². The Balaban J connectivity index is 1.98. The molecule has 5 heteroatoms. The number of hydrogen-bond acceptors (Lipinski definition) is 4. The minimum absolute atomic E-state index is 0.0950. The maximum Gasteiger partial charge on any atom is 0.421 e. The standard InChI is InChI=1S/C15H20N2O2S/c18-14-17(13-12(19-14)6-5-9-16-13)10-15(11-20)7-3-1-2-4-8-15/h5-6,9,20H,1-4,7-8,10-11H2. The maximum atomic E-state index is 12.1. The second-order valence-corrected chi connectivity index (χ2v) is 6.17. The van der Waals surface area contributed by atoms with E-state index in [2.05, 4.69) is 17.6 Å². The third-order valence-corrected chi connectivity index (χ3v) is 5.09. The molecule has 0 radical (unpaired) electrons. The summed E-state index contributed by atoms with van der Waals surface area (Å²) in [5.41, 5.74) is 1.32. The Bertz CT molecular complexity index is 639. The fourth-order valence-corrected chi connectivity index (χ4v) is 3.64. The van der Waals surface area contributed by atoms with Crippen LogP contribution in [0.15, 0.2) is 27.5 Å². The van der Waals surface area contributed by atoms with Gasteiger partial charge < -0.3 is 4.42 Å². The van der Waals surface area contributed by atoms with E-state index in [0.29, 0.717) is 17.8 Å². The highest BCUT2D eigenvalue weighted by Crippen LogP contribution is 2.37. The van der Waals surface area contributed by atoms with Gasteiger partial charge in [0.1, 0.15) is 0 Å². The van der Waals surface area contributed by atoms with Crippen molar-refractivity contribution < 1.29 is 4.42 Å². The molecule has 0 aromatic carbocycles. The summed E-state index contributed by atoms with van der Waals surface area (Å²) in [7, 11) is 0. The predicted molar refractivity (Wildman–Crippen MR) is 82.3 cm³/mol. The van der Waals surface area contributed by atoms with Crippen LogP contribution in [0.3, 0.4) is 0 Å². The molecule has 0 aliphatic heterocycles. The van der Waals surface area contributed by atoms with Gasteiger partial charge in [0.15, 0.2) is 11.2 Å². The molecule has 0 atom stereocenters. The van der Waals surface area contributed by atoms with E-state index >= 15 is 0 Å². The highest BCUT2D eigenvalue weighted by molar-refractivity contribution is 7.80. The largest absolute Gasteiger partial charge is 0.421 e. The summed E-state index contributed by atoms with van der Waals surface area (Å²) < 4.78 is 6.97. The molecule has 2 aromatic rings. The summed E-state index contributed by atoms with van der Waals surface area (Å²) in [6.45, 7) is 0.666. The van der Waals surface area contributed by atoms with E-state index in [-0.39, 0.29) is 11.2 Å². The summed E-state index contributed by atoms with van der Waals surface area (Å²) in [6, 6.07) is 3.58. The molecule has 0 bridgehead atoms. The van der Waals surface area contributed by atoms with Crippen molar-refractivity contribution in [2.75, 3.05) is 5.75 Å². The molecular formula is C15H20N2O2S. The molecule has 1 aliphatic rings. The molecule has 2 aromatic heterocycles. The van der Waals surface area contributed by atoms with Gasteiger partial charge in [-0.3, -0.25) is 4.57 Å². The number of hydrogen-bond donors (Lipinski definition) is 1. The van der Waals surface area contributed by atoms with Gasteiger partial charge in [-0.1, -0.05) is 25.7 Å². The second-order valence-electron chi connectivity index (χ2n) is 5.85. The second kappa shape index (κ2) is 5.64. The van der Waals surface area contributed by atoms with E-state index < -0.39 is 0 Å². The van der Waals surface area contributed by atoms with Crippen molar-refractivity contribution >= 4 is 23.9 Å². The third kappa shape index (κ3) is 2.51. The lowest BCUT2D eigenvalue weighted by Gasteiger charge is -2.31.